The van der Waals surface area contributed by atoms with Gasteiger partial charge in [-0.05, 0) is 24.7 Å². The summed E-state index contributed by atoms with van der Waals surface area (Å²) < 4.78 is 0. The minimum atomic E-state index is 0.498. The van der Waals surface area contributed by atoms with Crippen LogP contribution < -0.4 is 16.6 Å². The third-order valence-corrected chi connectivity index (χ3v) is 3.58. The molecular weight excluding hydrogens is 202 g/mol. The molecule has 0 radical (unpaired) electrons. The van der Waals surface area contributed by atoms with E-state index in [0.717, 1.165) is 11.7 Å². The summed E-state index contributed by atoms with van der Waals surface area (Å²) in [6.07, 6.45) is 5.81. The molecule has 88 valence electrons. The van der Waals surface area contributed by atoms with Crippen LogP contribution in [0.3, 0.4) is 0 Å². The number of aromatic nitrogens is 2. The van der Waals surface area contributed by atoms with Crippen molar-refractivity contribution in [2.24, 2.45) is 17.7 Å². The highest BCUT2D eigenvalue weighted by atomic mass is 15.3. The summed E-state index contributed by atoms with van der Waals surface area (Å²) in [7, 11) is 0. The number of hydrogen-bond acceptors (Lipinski definition) is 5. The Kier molecular flexibility index (Phi) is 3.24. The lowest BCUT2D eigenvalue weighted by Gasteiger charge is -2.20. The summed E-state index contributed by atoms with van der Waals surface area (Å²) in [6.45, 7) is 4.59. The Morgan fingerprint density at radius 2 is 2.00 bits per heavy atom. The Labute approximate surface area is 95.8 Å². The minimum Gasteiger partial charge on any atom is -0.366 e. The predicted molar refractivity (Wildman–Crippen MR) is 64.8 cm³/mol. The standard InChI is InChI=1S/C11H19N5/c1-7-3-4-9(8(7)2)14-10-5-13-6-11(15-10)16-12/h5-9H,3-4,12H2,1-2H3,(H2,14,15,16). The van der Waals surface area contributed by atoms with E-state index in [1.165, 1.54) is 12.8 Å². The van der Waals surface area contributed by atoms with Gasteiger partial charge in [0.15, 0.2) is 5.82 Å². The number of nitrogen functional groups attached to an aromatic ring is 1. The van der Waals surface area contributed by atoms with E-state index in [0.29, 0.717) is 17.8 Å². The van der Waals surface area contributed by atoms with Crippen LogP contribution >= 0.6 is 0 Å². The highest BCUT2D eigenvalue weighted by Crippen LogP contribution is 2.32. The molecule has 0 saturated heterocycles. The van der Waals surface area contributed by atoms with Gasteiger partial charge in [0.05, 0.1) is 12.4 Å². The van der Waals surface area contributed by atoms with E-state index in [1.807, 2.05) is 0 Å². The SMILES string of the molecule is CC1CCC(Nc2cncc(NN)n2)C1C. The molecule has 4 N–H and O–H groups in total. The molecule has 16 heavy (non-hydrogen) atoms. The van der Waals surface area contributed by atoms with Crippen molar-refractivity contribution in [1.29, 1.82) is 0 Å². The molecule has 1 aliphatic rings. The molecule has 3 atom stereocenters. The number of rotatable bonds is 3. The van der Waals surface area contributed by atoms with Gasteiger partial charge in [0.2, 0.25) is 0 Å². The van der Waals surface area contributed by atoms with Crippen LogP contribution in [0.5, 0.6) is 0 Å². The second-order valence-corrected chi connectivity index (χ2v) is 4.60. The largest absolute Gasteiger partial charge is 0.366 e. The van der Waals surface area contributed by atoms with Crippen molar-refractivity contribution < 1.29 is 0 Å². The van der Waals surface area contributed by atoms with Gasteiger partial charge in [0, 0.05) is 6.04 Å². The van der Waals surface area contributed by atoms with Crippen LogP contribution in [0.4, 0.5) is 11.6 Å². The lowest BCUT2D eigenvalue weighted by Crippen LogP contribution is -2.25. The maximum absolute atomic E-state index is 5.30. The van der Waals surface area contributed by atoms with Gasteiger partial charge in [-0.3, -0.25) is 4.98 Å². The highest BCUT2D eigenvalue weighted by molar-refractivity contribution is 5.41. The van der Waals surface area contributed by atoms with Crippen molar-refractivity contribution in [2.45, 2.75) is 32.7 Å². The molecule has 0 aliphatic heterocycles. The van der Waals surface area contributed by atoms with Crippen molar-refractivity contribution in [2.75, 3.05) is 10.7 Å². The summed E-state index contributed by atoms with van der Waals surface area (Å²) >= 11 is 0. The van der Waals surface area contributed by atoms with Crippen molar-refractivity contribution in [1.82, 2.24) is 9.97 Å². The Bertz CT molecular complexity index is 354. The van der Waals surface area contributed by atoms with Gasteiger partial charge in [0.25, 0.3) is 0 Å². The number of nitrogens with one attached hydrogen (secondary N) is 2. The molecule has 5 heteroatoms. The van der Waals surface area contributed by atoms with Crippen LogP contribution in [-0.4, -0.2) is 16.0 Å². The number of hydrogen-bond donors (Lipinski definition) is 3. The van der Waals surface area contributed by atoms with Gasteiger partial charge in [-0.2, -0.15) is 0 Å². The first-order valence-electron chi connectivity index (χ1n) is 5.76. The van der Waals surface area contributed by atoms with Crippen LogP contribution in [0, 0.1) is 11.8 Å². The first-order chi connectivity index (χ1) is 7.70. The molecule has 0 spiro atoms. The molecule has 1 heterocycles. The predicted octanol–water partition coefficient (Wildman–Crippen LogP) is 1.61. The van der Waals surface area contributed by atoms with E-state index in [2.05, 4.69) is 34.6 Å². The van der Waals surface area contributed by atoms with Crippen molar-refractivity contribution in [3.05, 3.63) is 12.4 Å². The van der Waals surface area contributed by atoms with Crippen LogP contribution in [0.25, 0.3) is 0 Å². The van der Waals surface area contributed by atoms with Crippen LogP contribution in [0.15, 0.2) is 12.4 Å². The van der Waals surface area contributed by atoms with Gasteiger partial charge in [-0.1, -0.05) is 13.8 Å². The van der Waals surface area contributed by atoms with Crippen molar-refractivity contribution in [3.8, 4) is 0 Å². The molecule has 1 fully saturated rings. The Morgan fingerprint density at radius 1 is 1.25 bits per heavy atom. The van der Waals surface area contributed by atoms with Crippen molar-refractivity contribution in [3.63, 3.8) is 0 Å². The van der Waals surface area contributed by atoms with E-state index in [9.17, 15) is 0 Å². The van der Waals surface area contributed by atoms with Gasteiger partial charge in [-0.25, -0.2) is 10.8 Å². The second-order valence-electron chi connectivity index (χ2n) is 4.60. The van der Waals surface area contributed by atoms with Crippen LogP contribution in [-0.2, 0) is 0 Å². The average Bonchev–Trinajstić information content (AvgIpc) is 2.61. The average molecular weight is 221 g/mol. The minimum absolute atomic E-state index is 0.498. The van der Waals surface area contributed by atoms with Gasteiger partial charge in [-0.15, -0.1) is 0 Å². The Morgan fingerprint density at radius 3 is 2.62 bits per heavy atom. The van der Waals surface area contributed by atoms with E-state index in [1.54, 1.807) is 12.4 Å². The second kappa shape index (κ2) is 4.65. The zero-order chi connectivity index (χ0) is 11.5. The smallest absolute Gasteiger partial charge is 0.160 e. The summed E-state index contributed by atoms with van der Waals surface area (Å²) in [5, 5.41) is 3.43. The summed E-state index contributed by atoms with van der Waals surface area (Å²) in [4.78, 5) is 8.38. The normalized spacial score (nSPS) is 29.1. The monoisotopic (exact) mass is 221 g/mol. The summed E-state index contributed by atoms with van der Waals surface area (Å²) in [5.41, 5.74) is 2.50. The molecule has 1 aromatic rings. The fourth-order valence-corrected chi connectivity index (χ4v) is 2.26. The van der Waals surface area contributed by atoms with Crippen LogP contribution in [0.2, 0.25) is 0 Å². The molecule has 0 aromatic carbocycles. The number of nitrogens with zero attached hydrogens (tertiary/aromatic N) is 2. The van der Waals surface area contributed by atoms with Gasteiger partial charge >= 0.3 is 0 Å². The van der Waals surface area contributed by atoms with Gasteiger partial charge in [0.1, 0.15) is 5.82 Å². The molecule has 2 rings (SSSR count). The lowest BCUT2D eigenvalue weighted by atomic mass is 9.98. The molecule has 1 aromatic heterocycles. The van der Waals surface area contributed by atoms with E-state index in [-0.39, 0.29) is 0 Å². The quantitative estimate of drug-likeness (QED) is 0.534. The molecule has 1 aliphatic carbocycles. The molecule has 1 saturated carbocycles. The highest BCUT2D eigenvalue weighted by Gasteiger charge is 2.29. The maximum Gasteiger partial charge on any atom is 0.160 e. The third kappa shape index (κ3) is 2.24. The third-order valence-electron chi connectivity index (χ3n) is 3.58. The Balaban J connectivity index is 2.03. The fourth-order valence-electron chi connectivity index (χ4n) is 2.26. The zero-order valence-electron chi connectivity index (χ0n) is 9.77. The molecule has 3 unspecified atom stereocenters. The topological polar surface area (TPSA) is 75.9 Å². The summed E-state index contributed by atoms with van der Waals surface area (Å²) in [6, 6.07) is 0.498. The lowest BCUT2D eigenvalue weighted by molar-refractivity contribution is 0.435. The zero-order valence-corrected chi connectivity index (χ0v) is 9.77. The first kappa shape index (κ1) is 11.1. The molecule has 0 amide bonds. The first-order valence-corrected chi connectivity index (χ1v) is 5.76. The fraction of sp³-hybridized carbons (Fsp3) is 0.636. The van der Waals surface area contributed by atoms with Crippen LogP contribution in [0.1, 0.15) is 26.7 Å². The molecular formula is C11H19N5. The molecule has 5 nitrogen and oxygen atoms in total. The number of nitrogens with two attached hydrogens (primary N) is 1. The van der Waals surface area contributed by atoms with E-state index < -0.39 is 0 Å². The van der Waals surface area contributed by atoms with E-state index in [4.69, 9.17) is 5.84 Å². The van der Waals surface area contributed by atoms with Crippen molar-refractivity contribution >= 4 is 11.6 Å². The number of anilines is 2. The van der Waals surface area contributed by atoms with E-state index >= 15 is 0 Å². The maximum atomic E-state index is 5.30. The Hall–Kier alpha value is -1.36. The number of hydrazine groups is 1. The summed E-state index contributed by atoms with van der Waals surface area (Å²) in [5.74, 6) is 8.13. The molecule has 0 bridgehead atoms. The van der Waals surface area contributed by atoms with Gasteiger partial charge < -0.3 is 10.7 Å².